The molecule has 0 bridgehead atoms. The van der Waals surface area contributed by atoms with Crippen molar-refractivity contribution in [3.63, 3.8) is 0 Å². The Bertz CT molecular complexity index is 612. The molecule has 1 saturated heterocycles. The summed E-state index contributed by atoms with van der Waals surface area (Å²) >= 11 is 0. The fraction of sp³-hybridized carbons (Fsp3) is 0.231. The lowest BCUT2D eigenvalue weighted by atomic mass is 10.1. The molecule has 0 aliphatic carbocycles. The summed E-state index contributed by atoms with van der Waals surface area (Å²) in [5.41, 5.74) is 1.64. The van der Waals surface area contributed by atoms with Gasteiger partial charge in [0.25, 0.3) is 0 Å². The lowest BCUT2D eigenvalue weighted by molar-refractivity contribution is 0.139. The molecule has 5 heteroatoms. The monoisotopic (exact) mass is 244 g/mol. The highest BCUT2D eigenvalue weighted by atomic mass is 16.6. The predicted molar refractivity (Wildman–Crippen MR) is 65.5 cm³/mol. The van der Waals surface area contributed by atoms with Gasteiger partial charge < -0.3 is 14.8 Å². The second-order valence-electron chi connectivity index (χ2n) is 4.05. The van der Waals surface area contributed by atoms with Crippen LogP contribution in [0, 0.1) is 0 Å². The normalized spacial score (nSPS) is 18.5. The van der Waals surface area contributed by atoms with E-state index < -0.39 is 6.09 Å². The van der Waals surface area contributed by atoms with E-state index in [1.54, 1.807) is 7.11 Å². The molecule has 92 valence electrons. The smallest absolute Gasteiger partial charge is 0.407 e. The van der Waals surface area contributed by atoms with Crippen molar-refractivity contribution in [2.24, 2.45) is 0 Å². The Labute approximate surface area is 104 Å². The average Bonchev–Trinajstić information content (AvgIpc) is 2.83. The zero-order valence-electron chi connectivity index (χ0n) is 9.84. The summed E-state index contributed by atoms with van der Waals surface area (Å²) < 4.78 is 10.4. The molecule has 0 saturated carbocycles. The van der Waals surface area contributed by atoms with Crippen molar-refractivity contribution in [1.29, 1.82) is 0 Å². The van der Waals surface area contributed by atoms with Gasteiger partial charge in [0.1, 0.15) is 0 Å². The summed E-state index contributed by atoms with van der Waals surface area (Å²) in [6.07, 6.45) is -0.750. The number of hydrogen-bond donors (Lipinski definition) is 1. The number of hydrogen-bond acceptors (Lipinski definition) is 4. The van der Waals surface area contributed by atoms with Gasteiger partial charge in [0.2, 0.25) is 5.88 Å². The van der Waals surface area contributed by atoms with Crippen molar-refractivity contribution in [1.82, 2.24) is 10.3 Å². The first-order valence-electron chi connectivity index (χ1n) is 5.66. The number of nitrogens with one attached hydrogen (secondary N) is 1. The minimum atomic E-state index is -0.407. The maximum Gasteiger partial charge on any atom is 0.407 e. The van der Waals surface area contributed by atoms with E-state index in [9.17, 15) is 4.79 Å². The van der Waals surface area contributed by atoms with E-state index in [0.29, 0.717) is 12.4 Å². The average molecular weight is 244 g/mol. The number of methoxy groups -OCH3 is 1. The molecule has 1 aromatic carbocycles. The lowest BCUT2D eigenvalue weighted by Gasteiger charge is -2.13. The van der Waals surface area contributed by atoms with Crippen LogP contribution in [0.1, 0.15) is 11.7 Å². The highest BCUT2D eigenvalue weighted by molar-refractivity contribution is 5.80. The summed E-state index contributed by atoms with van der Waals surface area (Å²) in [7, 11) is 1.56. The molecule has 1 fully saturated rings. The number of ether oxygens (including phenoxy) is 2. The van der Waals surface area contributed by atoms with Crippen LogP contribution in [0.4, 0.5) is 4.79 Å². The van der Waals surface area contributed by atoms with Gasteiger partial charge in [-0.05, 0) is 12.1 Å². The topological polar surface area (TPSA) is 60.5 Å². The highest BCUT2D eigenvalue weighted by Gasteiger charge is 2.27. The Morgan fingerprint density at radius 3 is 3.00 bits per heavy atom. The Hall–Kier alpha value is -2.30. The highest BCUT2D eigenvalue weighted by Crippen LogP contribution is 2.30. The first kappa shape index (κ1) is 10.8. The second-order valence-corrected chi connectivity index (χ2v) is 4.05. The number of amides is 1. The quantitative estimate of drug-likeness (QED) is 0.878. The molecule has 0 spiro atoms. The van der Waals surface area contributed by atoms with Gasteiger partial charge in [-0.2, -0.15) is 0 Å². The van der Waals surface area contributed by atoms with E-state index in [1.165, 1.54) is 0 Å². The minimum absolute atomic E-state index is 0.343. The molecular formula is C13H12N2O3. The van der Waals surface area contributed by atoms with E-state index in [1.807, 2.05) is 30.3 Å². The zero-order valence-corrected chi connectivity index (χ0v) is 9.84. The summed E-state index contributed by atoms with van der Waals surface area (Å²) in [5, 5.41) is 3.62. The SMILES string of the molecule is COc1nc2ccccc2cc1C1CNC(=O)O1. The van der Waals surface area contributed by atoms with Crippen LogP contribution < -0.4 is 10.1 Å². The molecule has 1 unspecified atom stereocenters. The molecule has 2 aromatic rings. The van der Waals surface area contributed by atoms with Gasteiger partial charge in [0.05, 0.1) is 24.7 Å². The van der Waals surface area contributed by atoms with E-state index in [0.717, 1.165) is 16.5 Å². The van der Waals surface area contributed by atoms with E-state index in [-0.39, 0.29) is 6.10 Å². The molecule has 0 radical (unpaired) electrons. The third-order valence-electron chi connectivity index (χ3n) is 2.94. The number of para-hydroxylation sites is 1. The summed E-state index contributed by atoms with van der Waals surface area (Å²) in [5.74, 6) is 0.496. The standard InChI is InChI=1S/C13H12N2O3/c1-17-12-9(11-7-14-13(16)18-11)6-8-4-2-3-5-10(8)15-12/h2-6,11H,7H2,1H3,(H,14,16). The van der Waals surface area contributed by atoms with Crippen molar-refractivity contribution in [3.05, 3.63) is 35.9 Å². The van der Waals surface area contributed by atoms with Crippen LogP contribution in [0.5, 0.6) is 5.88 Å². The molecule has 18 heavy (non-hydrogen) atoms. The molecular weight excluding hydrogens is 232 g/mol. The van der Waals surface area contributed by atoms with Crippen LogP contribution in [-0.2, 0) is 4.74 Å². The Morgan fingerprint density at radius 2 is 2.28 bits per heavy atom. The summed E-state index contributed by atoms with van der Waals surface area (Å²) in [6.45, 7) is 0.440. The first-order chi connectivity index (χ1) is 8.78. The Balaban J connectivity index is 2.11. The summed E-state index contributed by atoms with van der Waals surface area (Å²) in [6, 6.07) is 9.70. The maximum absolute atomic E-state index is 11.1. The Morgan fingerprint density at radius 1 is 1.44 bits per heavy atom. The van der Waals surface area contributed by atoms with Gasteiger partial charge in [-0.1, -0.05) is 18.2 Å². The number of carbonyl (C=O) groups is 1. The van der Waals surface area contributed by atoms with Crippen molar-refractivity contribution in [2.45, 2.75) is 6.10 Å². The third-order valence-corrected chi connectivity index (χ3v) is 2.94. The molecule has 1 atom stereocenters. The first-order valence-corrected chi connectivity index (χ1v) is 5.66. The van der Waals surface area contributed by atoms with Crippen LogP contribution in [0.25, 0.3) is 10.9 Å². The minimum Gasteiger partial charge on any atom is -0.481 e. The second kappa shape index (κ2) is 4.18. The molecule has 5 nitrogen and oxygen atoms in total. The molecule has 1 aliphatic heterocycles. The molecule has 2 heterocycles. The number of rotatable bonds is 2. The molecule has 3 rings (SSSR count). The van der Waals surface area contributed by atoms with Crippen LogP contribution in [0.3, 0.4) is 0 Å². The zero-order chi connectivity index (χ0) is 12.5. The molecule has 1 aromatic heterocycles. The van der Waals surface area contributed by atoms with Crippen molar-refractivity contribution >= 4 is 17.0 Å². The number of alkyl carbamates (subject to hydrolysis) is 1. The van der Waals surface area contributed by atoms with Crippen LogP contribution in [0.2, 0.25) is 0 Å². The number of carbonyl (C=O) groups excluding carboxylic acids is 1. The van der Waals surface area contributed by atoms with Gasteiger partial charge in [-0.25, -0.2) is 9.78 Å². The van der Waals surface area contributed by atoms with E-state index in [4.69, 9.17) is 9.47 Å². The lowest BCUT2D eigenvalue weighted by Crippen LogP contribution is -2.12. The van der Waals surface area contributed by atoms with Crippen molar-refractivity contribution in [2.75, 3.05) is 13.7 Å². The third kappa shape index (κ3) is 1.73. The van der Waals surface area contributed by atoms with Crippen molar-refractivity contribution in [3.8, 4) is 5.88 Å². The van der Waals surface area contributed by atoms with Crippen LogP contribution in [0.15, 0.2) is 30.3 Å². The molecule has 1 amide bonds. The number of pyridine rings is 1. The number of aromatic nitrogens is 1. The fourth-order valence-corrected chi connectivity index (χ4v) is 2.07. The largest absolute Gasteiger partial charge is 0.481 e. The number of cyclic esters (lactones) is 1. The van der Waals surface area contributed by atoms with E-state index >= 15 is 0 Å². The van der Waals surface area contributed by atoms with Gasteiger partial charge in [0.15, 0.2) is 6.10 Å². The maximum atomic E-state index is 11.1. The van der Waals surface area contributed by atoms with Crippen LogP contribution in [-0.4, -0.2) is 24.7 Å². The number of benzene rings is 1. The van der Waals surface area contributed by atoms with Gasteiger partial charge >= 0.3 is 6.09 Å². The predicted octanol–water partition coefficient (Wildman–Crippen LogP) is 2.02. The van der Waals surface area contributed by atoms with Crippen LogP contribution >= 0.6 is 0 Å². The fourth-order valence-electron chi connectivity index (χ4n) is 2.07. The number of fused-ring (bicyclic) bond motifs is 1. The Kier molecular flexibility index (Phi) is 2.51. The number of nitrogens with zero attached hydrogens (tertiary/aromatic N) is 1. The van der Waals surface area contributed by atoms with Gasteiger partial charge in [-0.15, -0.1) is 0 Å². The van der Waals surface area contributed by atoms with E-state index in [2.05, 4.69) is 10.3 Å². The van der Waals surface area contributed by atoms with Crippen molar-refractivity contribution < 1.29 is 14.3 Å². The van der Waals surface area contributed by atoms with Gasteiger partial charge in [0, 0.05) is 5.39 Å². The van der Waals surface area contributed by atoms with Gasteiger partial charge in [-0.3, -0.25) is 0 Å². The molecule has 1 aliphatic rings. The molecule has 1 N–H and O–H groups in total. The summed E-state index contributed by atoms with van der Waals surface area (Å²) in [4.78, 5) is 15.5.